The average Bonchev–Trinajstić information content (AvgIpc) is 2.45. The fraction of sp³-hybridized carbons (Fsp3) is 0.667. The molecule has 0 aliphatic rings. The van der Waals surface area contributed by atoms with E-state index in [2.05, 4.69) is 39.1 Å². The van der Waals surface area contributed by atoms with Crippen molar-refractivity contribution >= 4 is 0 Å². The smallest absolute Gasteiger partial charge is 0.123 e. The van der Waals surface area contributed by atoms with Gasteiger partial charge in [0.25, 0.3) is 0 Å². The van der Waals surface area contributed by atoms with Crippen molar-refractivity contribution in [2.75, 3.05) is 14.2 Å². The summed E-state index contributed by atoms with van der Waals surface area (Å²) in [5, 5.41) is 3.66. The molecule has 2 unspecified atom stereocenters. The van der Waals surface area contributed by atoms with Gasteiger partial charge in [-0.3, -0.25) is 0 Å². The molecule has 0 saturated heterocycles. The van der Waals surface area contributed by atoms with E-state index in [1.165, 1.54) is 19.3 Å². The number of ether oxygens (including phenoxy) is 2. The molecule has 1 rings (SSSR count). The first-order valence-corrected chi connectivity index (χ1v) is 7.95. The predicted octanol–water partition coefficient (Wildman–Crippen LogP) is 4.57. The number of rotatable bonds is 9. The Bertz CT molecular complexity index is 418. The molecular weight excluding hydrogens is 262 g/mol. The van der Waals surface area contributed by atoms with E-state index in [1.807, 2.05) is 12.1 Å². The van der Waals surface area contributed by atoms with Crippen LogP contribution in [-0.4, -0.2) is 20.3 Å². The summed E-state index contributed by atoms with van der Waals surface area (Å²) < 4.78 is 10.8. The molecule has 0 saturated carbocycles. The van der Waals surface area contributed by atoms with Gasteiger partial charge in [-0.25, -0.2) is 0 Å². The van der Waals surface area contributed by atoms with Crippen molar-refractivity contribution in [2.24, 2.45) is 5.92 Å². The van der Waals surface area contributed by atoms with Crippen LogP contribution in [0.25, 0.3) is 0 Å². The highest BCUT2D eigenvalue weighted by atomic mass is 16.5. The van der Waals surface area contributed by atoms with Crippen molar-refractivity contribution < 1.29 is 9.47 Å². The highest BCUT2D eigenvalue weighted by Gasteiger charge is 2.15. The predicted molar refractivity (Wildman–Crippen MR) is 89.2 cm³/mol. The van der Waals surface area contributed by atoms with Crippen molar-refractivity contribution in [2.45, 2.75) is 59.0 Å². The van der Waals surface area contributed by atoms with Crippen LogP contribution in [0.4, 0.5) is 0 Å². The van der Waals surface area contributed by atoms with E-state index in [9.17, 15) is 0 Å². The van der Waals surface area contributed by atoms with Crippen LogP contribution in [0.2, 0.25) is 0 Å². The summed E-state index contributed by atoms with van der Waals surface area (Å²) in [7, 11) is 3.41. The van der Waals surface area contributed by atoms with E-state index < -0.39 is 0 Å². The fourth-order valence-corrected chi connectivity index (χ4v) is 2.61. The number of benzene rings is 1. The largest absolute Gasteiger partial charge is 0.497 e. The molecule has 0 aromatic heterocycles. The Morgan fingerprint density at radius 1 is 1.00 bits per heavy atom. The normalized spacial score (nSPS) is 14.0. The van der Waals surface area contributed by atoms with Gasteiger partial charge in [0.15, 0.2) is 0 Å². The van der Waals surface area contributed by atoms with Crippen molar-refractivity contribution in [3.63, 3.8) is 0 Å². The summed E-state index contributed by atoms with van der Waals surface area (Å²) in [6.45, 7) is 8.99. The molecular formula is C18H31NO2. The second-order valence-electron chi connectivity index (χ2n) is 6.22. The van der Waals surface area contributed by atoms with Crippen molar-refractivity contribution in [3.05, 3.63) is 23.8 Å². The zero-order valence-corrected chi connectivity index (χ0v) is 14.4. The summed E-state index contributed by atoms with van der Waals surface area (Å²) in [4.78, 5) is 0. The Kier molecular flexibility index (Phi) is 7.58. The quantitative estimate of drug-likeness (QED) is 0.723. The summed E-state index contributed by atoms with van der Waals surface area (Å²) in [5.41, 5.74) is 1.15. The molecule has 21 heavy (non-hydrogen) atoms. The van der Waals surface area contributed by atoms with Crippen molar-refractivity contribution in [1.82, 2.24) is 5.32 Å². The standard InChI is InChI=1S/C18H31NO2/c1-13(2)8-7-9-14(3)19-15(4)17-12-16(20-5)10-11-18(17)21-6/h10-15,19H,7-9H2,1-6H3. The molecule has 0 radical (unpaired) electrons. The molecule has 120 valence electrons. The highest BCUT2D eigenvalue weighted by molar-refractivity contribution is 5.42. The number of methoxy groups -OCH3 is 2. The van der Waals surface area contributed by atoms with E-state index >= 15 is 0 Å². The Hall–Kier alpha value is -1.22. The van der Waals surface area contributed by atoms with Crippen LogP contribution in [0, 0.1) is 5.92 Å². The van der Waals surface area contributed by atoms with E-state index in [-0.39, 0.29) is 6.04 Å². The molecule has 0 amide bonds. The fourth-order valence-electron chi connectivity index (χ4n) is 2.61. The van der Waals surface area contributed by atoms with E-state index in [1.54, 1.807) is 14.2 Å². The first-order chi connectivity index (χ1) is 9.97. The third-order valence-electron chi connectivity index (χ3n) is 3.86. The van der Waals surface area contributed by atoms with Crippen LogP contribution in [0.15, 0.2) is 18.2 Å². The average molecular weight is 293 g/mol. The first-order valence-electron chi connectivity index (χ1n) is 7.95. The van der Waals surface area contributed by atoms with Gasteiger partial charge in [0.05, 0.1) is 14.2 Å². The lowest BCUT2D eigenvalue weighted by atomic mass is 10.0. The van der Waals surface area contributed by atoms with Crippen LogP contribution in [0.1, 0.15) is 58.6 Å². The van der Waals surface area contributed by atoms with Gasteiger partial charge in [-0.15, -0.1) is 0 Å². The maximum atomic E-state index is 5.46. The van der Waals surface area contributed by atoms with Gasteiger partial charge in [-0.1, -0.05) is 26.7 Å². The minimum Gasteiger partial charge on any atom is -0.497 e. The Morgan fingerprint density at radius 2 is 1.71 bits per heavy atom. The molecule has 0 fully saturated rings. The van der Waals surface area contributed by atoms with E-state index in [0.717, 1.165) is 23.0 Å². The zero-order valence-electron chi connectivity index (χ0n) is 14.4. The number of hydrogen-bond donors (Lipinski definition) is 1. The van der Waals surface area contributed by atoms with Crippen molar-refractivity contribution in [3.8, 4) is 11.5 Å². The van der Waals surface area contributed by atoms with Gasteiger partial charge in [0, 0.05) is 17.6 Å². The third-order valence-corrected chi connectivity index (χ3v) is 3.86. The van der Waals surface area contributed by atoms with Gasteiger partial charge in [-0.2, -0.15) is 0 Å². The molecule has 1 aromatic rings. The Balaban J connectivity index is 2.63. The van der Waals surface area contributed by atoms with Crippen LogP contribution >= 0.6 is 0 Å². The van der Waals surface area contributed by atoms with E-state index in [0.29, 0.717) is 6.04 Å². The molecule has 0 heterocycles. The van der Waals surface area contributed by atoms with Crippen LogP contribution in [-0.2, 0) is 0 Å². The highest BCUT2D eigenvalue weighted by Crippen LogP contribution is 2.29. The first kappa shape index (κ1) is 17.8. The van der Waals surface area contributed by atoms with Crippen LogP contribution < -0.4 is 14.8 Å². The summed E-state index contributed by atoms with van der Waals surface area (Å²) in [5.74, 6) is 2.56. The second kappa shape index (κ2) is 8.93. The second-order valence-corrected chi connectivity index (χ2v) is 6.22. The lowest BCUT2D eigenvalue weighted by Gasteiger charge is -2.22. The molecule has 1 aromatic carbocycles. The molecule has 2 atom stereocenters. The minimum absolute atomic E-state index is 0.240. The number of nitrogens with one attached hydrogen (secondary N) is 1. The molecule has 3 nitrogen and oxygen atoms in total. The molecule has 0 aliphatic carbocycles. The van der Waals surface area contributed by atoms with Gasteiger partial charge in [0.2, 0.25) is 0 Å². The summed E-state index contributed by atoms with van der Waals surface area (Å²) in [6.07, 6.45) is 3.77. The maximum Gasteiger partial charge on any atom is 0.123 e. The minimum atomic E-state index is 0.240. The molecule has 1 N–H and O–H groups in total. The number of hydrogen-bond acceptors (Lipinski definition) is 3. The lowest BCUT2D eigenvalue weighted by Crippen LogP contribution is -2.29. The van der Waals surface area contributed by atoms with E-state index in [4.69, 9.17) is 9.47 Å². The van der Waals surface area contributed by atoms with Crippen LogP contribution in [0.3, 0.4) is 0 Å². The maximum absolute atomic E-state index is 5.46. The summed E-state index contributed by atoms with van der Waals surface area (Å²) >= 11 is 0. The molecule has 0 spiro atoms. The zero-order chi connectivity index (χ0) is 15.8. The molecule has 3 heteroatoms. The van der Waals surface area contributed by atoms with Gasteiger partial charge in [0.1, 0.15) is 11.5 Å². The van der Waals surface area contributed by atoms with Crippen molar-refractivity contribution in [1.29, 1.82) is 0 Å². The third kappa shape index (κ3) is 5.96. The van der Waals surface area contributed by atoms with Gasteiger partial charge < -0.3 is 14.8 Å². The Labute approximate surface area is 130 Å². The summed E-state index contributed by atoms with van der Waals surface area (Å²) in [6, 6.07) is 6.69. The lowest BCUT2D eigenvalue weighted by molar-refractivity contribution is 0.380. The Morgan fingerprint density at radius 3 is 2.29 bits per heavy atom. The topological polar surface area (TPSA) is 30.5 Å². The molecule has 0 bridgehead atoms. The van der Waals surface area contributed by atoms with Gasteiger partial charge >= 0.3 is 0 Å². The monoisotopic (exact) mass is 293 g/mol. The van der Waals surface area contributed by atoms with Gasteiger partial charge in [-0.05, 0) is 44.4 Å². The van der Waals surface area contributed by atoms with Crippen LogP contribution in [0.5, 0.6) is 11.5 Å². The SMILES string of the molecule is COc1ccc(OC)c(C(C)NC(C)CCCC(C)C)c1. The molecule has 0 aliphatic heterocycles.